The topological polar surface area (TPSA) is 131 Å². The second-order valence-electron chi connectivity index (χ2n) is 10.8. The Morgan fingerprint density at radius 3 is 2.55 bits per heavy atom. The van der Waals surface area contributed by atoms with E-state index in [9.17, 15) is 24.3 Å². The first kappa shape index (κ1) is 27.8. The minimum absolute atomic E-state index is 0.00251. The van der Waals surface area contributed by atoms with Gasteiger partial charge in [-0.25, -0.2) is 4.79 Å². The van der Waals surface area contributed by atoms with E-state index in [0.29, 0.717) is 25.2 Å². The molecule has 3 aliphatic rings. The molecule has 5 rings (SSSR count). The van der Waals surface area contributed by atoms with Crippen LogP contribution in [0.25, 0.3) is 0 Å². The number of aromatic nitrogens is 2. The van der Waals surface area contributed by atoms with Crippen molar-refractivity contribution in [1.82, 2.24) is 19.4 Å². The van der Waals surface area contributed by atoms with Gasteiger partial charge >= 0.3 is 6.03 Å². The normalized spacial score (nSPS) is 20.1. The lowest BCUT2D eigenvalue weighted by Crippen LogP contribution is -2.70. The van der Waals surface area contributed by atoms with E-state index in [1.54, 1.807) is 12.1 Å². The number of carbonyl (C=O) groups is 3. The summed E-state index contributed by atoms with van der Waals surface area (Å²) in [6.07, 6.45) is 6.90. The quantitative estimate of drug-likeness (QED) is 0.227. The maximum absolute atomic E-state index is 13.6. The van der Waals surface area contributed by atoms with Crippen LogP contribution < -0.4 is 10.5 Å². The Balaban J connectivity index is 1.49. The molecule has 12 heteroatoms. The molecule has 1 atom stereocenters. The molecule has 40 heavy (non-hydrogen) atoms. The maximum Gasteiger partial charge on any atom is 0.332 e. The maximum atomic E-state index is 13.6. The Bertz CT molecular complexity index is 1500. The second-order valence-corrected chi connectivity index (χ2v) is 11.2. The third kappa shape index (κ3) is 4.34. The van der Waals surface area contributed by atoms with Gasteiger partial charge in [-0.1, -0.05) is 26.2 Å². The highest BCUT2D eigenvalue weighted by Crippen LogP contribution is 2.49. The molecule has 0 unspecified atom stereocenters. The summed E-state index contributed by atoms with van der Waals surface area (Å²) in [5.74, 6) is -1.21. The van der Waals surface area contributed by atoms with E-state index >= 15 is 0 Å². The molecule has 11 nitrogen and oxygen atoms in total. The van der Waals surface area contributed by atoms with Crippen LogP contribution in [0.15, 0.2) is 28.0 Å². The lowest BCUT2D eigenvalue weighted by molar-refractivity contribution is -0.159. The van der Waals surface area contributed by atoms with Crippen LogP contribution in [0.4, 0.5) is 16.2 Å². The largest absolute Gasteiger partial charge is 0.494 e. The number of aromatic hydroxyl groups is 1. The van der Waals surface area contributed by atoms with Crippen molar-refractivity contribution in [1.29, 1.82) is 0 Å². The van der Waals surface area contributed by atoms with E-state index in [1.807, 2.05) is 6.07 Å². The number of carbonyl (C=O) groups excluding carboxylic acids is 3. The Kier molecular flexibility index (Phi) is 7.38. The van der Waals surface area contributed by atoms with Crippen LogP contribution in [0.5, 0.6) is 5.88 Å². The first-order chi connectivity index (χ1) is 19.1. The number of nitrogens with zero attached hydrogens (tertiary/aromatic N) is 5. The van der Waals surface area contributed by atoms with Gasteiger partial charge in [0.2, 0.25) is 17.7 Å². The first-order valence-electron chi connectivity index (χ1n) is 13.7. The molecule has 1 aromatic heterocycles. The van der Waals surface area contributed by atoms with Crippen molar-refractivity contribution in [3.63, 3.8) is 0 Å². The van der Waals surface area contributed by atoms with Crippen LogP contribution in [0, 0.1) is 10.2 Å². The molecule has 3 aliphatic heterocycles. The molecule has 2 N–H and O–H groups in total. The fraction of sp³-hybridized carbons (Fsp3) is 0.500. The van der Waals surface area contributed by atoms with Crippen LogP contribution >= 0.6 is 12.2 Å². The molecule has 0 aliphatic carbocycles. The number of benzene rings is 1. The molecule has 212 valence electrons. The van der Waals surface area contributed by atoms with Crippen molar-refractivity contribution < 1.29 is 19.5 Å². The second kappa shape index (κ2) is 10.6. The van der Waals surface area contributed by atoms with Crippen LogP contribution in [0.3, 0.4) is 0 Å². The third-order valence-corrected chi connectivity index (χ3v) is 8.72. The zero-order valence-corrected chi connectivity index (χ0v) is 23.8. The predicted molar refractivity (Wildman–Crippen MR) is 153 cm³/mol. The number of aliphatic imine (C=N–C) groups is 1. The van der Waals surface area contributed by atoms with Crippen molar-refractivity contribution >= 4 is 47.7 Å². The van der Waals surface area contributed by atoms with Crippen molar-refractivity contribution in [2.24, 2.45) is 10.4 Å². The highest BCUT2D eigenvalue weighted by Gasteiger charge is 2.63. The molecule has 2 aromatic rings. The van der Waals surface area contributed by atoms with Gasteiger partial charge in [-0.3, -0.25) is 38.7 Å². The standard InChI is InChI=1S/C28H34N6O5S/c1-4-5-6-7-12-34-23(36)19(22(35)30-26(34)40)16-29-18-10-11-20-17(14-18)15-28(21-9-8-13-33(20)21)24(37)31(2)27(39)32(3)25(28)38/h10-11,14,16,21,36H,4-9,12-13,15H2,1-3H3,(H,30,35,40)/t21-/m0/s1. The van der Waals surface area contributed by atoms with E-state index in [4.69, 9.17) is 12.2 Å². The summed E-state index contributed by atoms with van der Waals surface area (Å²) in [5, 5.41) is 10.8. The molecule has 0 radical (unpaired) electrons. The lowest BCUT2D eigenvalue weighted by atomic mass is 9.68. The molecule has 1 spiro atoms. The predicted octanol–water partition coefficient (Wildman–Crippen LogP) is 3.50. The number of barbiturate groups is 1. The van der Waals surface area contributed by atoms with Crippen molar-refractivity contribution in [3.8, 4) is 5.88 Å². The zero-order chi connectivity index (χ0) is 28.8. The molecule has 2 saturated heterocycles. The van der Waals surface area contributed by atoms with Gasteiger partial charge < -0.3 is 10.0 Å². The van der Waals surface area contributed by atoms with Crippen LogP contribution in [-0.4, -0.2) is 75.2 Å². The van der Waals surface area contributed by atoms with Crippen molar-refractivity contribution in [2.45, 2.75) is 64.5 Å². The van der Waals surface area contributed by atoms with E-state index < -0.39 is 28.8 Å². The van der Waals surface area contributed by atoms with Gasteiger partial charge in [0.1, 0.15) is 5.56 Å². The van der Waals surface area contributed by atoms with Crippen molar-refractivity contribution in [3.05, 3.63) is 44.5 Å². The number of aromatic amines is 1. The van der Waals surface area contributed by atoms with Crippen molar-refractivity contribution in [2.75, 3.05) is 25.5 Å². The lowest BCUT2D eigenvalue weighted by Gasteiger charge is -2.50. The summed E-state index contributed by atoms with van der Waals surface area (Å²) in [6.45, 7) is 3.29. The number of H-pyrrole nitrogens is 1. The molecule has 2 fully saturated rings. The molecular formula is C28H34N6O5S. The summed E-state index contributed by atoms with van der Waals surface area (Å²) in [4.78, 5) is 63.6. The monoisotopic (exact) mass is 566 g/mol. The zero-order valence-electron chi connectivity index (χ0n) is 23.0. The first-order valence-corrected chi connectivity index (χ1v) is 14.1. The van der Waals surface area contributed by atoms with E-state index in [0.717, 1.165) is 53.2 Å². The van der Waals surface area contributed by atoms with Gasteiger partial charge in [0.05, 0.1) is 11.7 Å². The number of urea groups is 1. The molecule has 4 heterocycles. The molecule has 1 aromatic carbocycles. The highest BCUT2D eigenvalue weighted by atomic mass is 32.1. The van der Waals surface area contributed by atoms with Crippen LogP contribution in [0.1, 0.15) is 56.6 Å². The number of amides is 4. The fourth-order valence-corrected chi connectivity index (χ4v) is 6.59. The number of hydrogen-bond donors (Lipinski definition) is 2. The van der Waals surface area contributed by atoms with Crippen LogP contribution in [-0.2, 0) is 22.6 Å². The van der Waals surface area contributed by atoms with Gasteiger partial charge in [-0.15, -0.1) is 0 Å². The molecule has 0 bridgehead atoms. The summed E-state index contributed by atoms with van der Waals surface area (Å²) < 4.78 is 1.66. The summed E-state index contributed by atoms with van der Waals surface area (Å²) in [7, 11) is 2.83. The Morgan fingerprint density at radius 2 is 1.85 bits per heavy atom. The summed E-state index contributed by atoms with van der Waals surface area (Å²) in [6, 6.07) is 4.54. The minimum Gasteiger partial charge on any atom is -0.494 e. The Hall–Kier alpha value is -3.80. The van der Waals surface area contributed by atoms with Crippen LogP contribution in [0.2, 0.25) is 0 Å². The average Bonchev–Trinajstić information content (AvgIpc) is 3.44. The molecule has 0 saturated carbocycles. The smallest absolute Gasteiger partial charge is 0.332 e. The average molecular weight is 567 g/mol. The molecular weight excluding hydrogens is 532 g/mol. The van der Waals surface area contributed by atoms with E-state index in [2.05, 4.69) is 21.8 Å². The van der Waals surface area contributed by atoms with E-state index in [-0.39, 0.29) is 28.7 Å². The van der Waals surface area contributed by atoms with Gasteiger partial charge in [0, 0.05) is 39.1 Å². The molecule has 4 amide bonds. The number of rotatable bonds is 7. The number of hydrogen-bond acceptors (Lipinski definition) is 8. The number of imide groups is 2. The fourth-order valence-electron chi connectivity index (χ4n) is 6.32. The van der Waals surface area contributed by atoms with Gasteiger partial charge in [-0.2, -0.15) is 0 Å². The third-order valence-electron chi connectivity index (χ3n) is 8.39. The minimum atomic E-state index is -1.40. The van der Waals surface area contributed by atoms with E-state index in [1.165, 1.54) is 24.9 Å². The number of fused-ring (bicyclic) bond motifs is 4. The SMILES string of the molecule is CCCCCCn1c(O)c(C=Nc2ccc3c(c2)CC2(C(=O)N(C)C(=O)N(C)C2=O)[C@@H]2CCCN32)c(=O)[nH]c1=S. The highest BCUT2D eigenvalue weighted by molar-refractivity contribution is 7.71. The number of nitrogens with one attached hydrogen (secondary N) is 1. The summed E-state index contributed by atoms with van der Waals surface area (Å²) in [5.41, 5.74) is 0.239. The Morgan fingerprint density at radius 1 is 1.12 bits per heavy atom. The number of anilines is 1. The van der Waals surface area contributed by atoms with Gasteiger partial charge in [0.25, 0.3) is 5.56 Å². The summed E-state index contributed by atoms with van der Waals surface area (Å²) >= 11 is 5.26. The van der Waals surface area contributed by atoms with Gasteiger partial charge in [0.15, 0.2) is 10.2 Å². The number of unbranched alkanes of at least 4 members (excludes halogenated alkanes) is 3. The van der Waals surface area contributed by atoms with Gasteiger partial charge in [-0.05, 0) is 61.7 Å². The Labute approximate surface area is 237 Å².